The lowest BCUT2D eigenvalue weighted by Crippen LogP contribution is -2.27. The maximum absolute atomic E-state index is 13.0. The van der Waals surface area contributed by atoms with Gasteiger partial charge in [-0.05, 0) is 36.6 Å². The van der Waals surface area contributed by atoms with Crippen LogP contribution in [0.2, 0.25) is 0 Å². The topological polar surface area (TPSA) is 88.9 Å². The molecular weight excluding hydrogens is 392 g/mol. The van der Waals surface area contributed by atoms with Crippen molar-refractivity contribution >= 4 is 34.8 Å². The molecule has 3 aromatic rings. The summed E-state index contributed by atoms with van der Waals surface area (Å²) in [6, 6.07) is 10.1. The van der Waals surface area contributed by atoms with E-state index in [1.807, 2.05) is 5.38 Å². The van der Waals surface area contributed by atoms with Gasteiger partial charge in [-0.15, -0.1) is 0 Å². The number of benzene rings is 1. The van der Waals surface area contributed by atoms with Crippen LogP contribution in [0.5, 0.6) is 0 Å². The molecule has 8 heteroatoms. The van der Waals surface area contributed by atoms with Gasteiger partial charge in [-0.1, -0.05) is 12.1 Å². The number of carbonyl (C=O) groups excluding carboxylic acids is 3. The lowest BCUT2D eigenvalue weighted by atomic mass is 10.1. The Kier molecular flexibility index (Phi) is 6.13. The number of aryl methyl sites for hydroxylation is 1. The Hall–Kier alpha value is -3.39. The van der Waals surface area contributed by atoms with Crippen LogP contribution in [0.25, 0.3) is 0 Å². The number of nitrogens with zero attached hydrogens (tertiary/aromatic N) is 1. The highest BCUT2D eigenvalue weighted by Gasteiger charge is 2.21. The third-order valence-electron chi connectivity index (χ3n) is 4.30. The SMILES string of the molecule is COC(=O)c1cc(CN(C)C(=O)c2ccccc2NC(=O)c2ccsc2)oc1C. The predicted octanol–water partition coefficient (Wildman–Crippen LogP) is 3.96. The fraction of sp³-hybridized carbons (Fsp3) is 0.190. The first-order valence-corrected chi connectivity index (χ1v) is 9.70. The van der Waals surface area contributed by atoms with Crippen LogP contribution in [-0.4, -0.2) is 36.8 Å². The molecule has 1 N–H and O–H groups in total. The summed E-state index contributed by atoms with van der Waals surface area (Å²) in [5.41, 5.74) is 1.64. The summed E-state index contributed by atoms with van der Waals surface area (Å²) < 4.78 is 10.3. The van der Waals surface area contributed by atoms with Gasteiger partial charge < -0.3 is 19.4 Å². The molecule has 2 heterocycles. The van der Waals surface area contributed by atoms with Crippen molar-refractivity contribution in [2.75, 3.05) is 19.5 Å². The molecule has 0 bridgehead atoms. The largest absolute Gasteiger partial charge is 0.465 e. The number of thiophene rings is 1. The number of furan rings is 1. The second-order valence-corrected chi connectivity index (χ2v) is 7.13. The summed E-state index contributed by atoms with van der Waals surface area (Å²) in [7, 11) is 2.92. The minimum atomic E-state index is -0.493. The van der Waals surface area contributed by atoms with Gasteiger partial charge in [0, 0.05) is 12.4 Å². The third-order valence-corrected chi connectivity index (χ3v) is 4.99. The van der Waals surface area contributed by atoms with Crippen LogP contribution in [0.4, 0.5) is 5.69 Å². The molecule has 150 valence electrons. The Morgan fingerprint density at radius 3 is 2.62 bits per heavy atom. The van der Waals surface area contributed by atoms with Gasteiger partial charge in [-0.25, -0.2) is 4.79 Å². The monoisotopic (exact) mass is 412 g/mol. The molecule has 2 amide bonds. The van der Waals surface area contributed by atoms with Gasteiger partial charge in [0.05, 0.1) is 30.5 Å². The average molecular weight is 412 g/mol. The number of amides is 2. The zero-order valence-corrected chi connectivity index (χ0v) is 17.0. The van der Waals surface area contributed by atoms with Crippen molar-refractivity contribution in [3.8, 4) is 0 Å². The molecular formula is C21H20N2O5S. The van der Waals surface area contributed by atoms with Gasteiger partial charge in [0.1, 0.15) is 17.1 Å². The molecule has 0 atom stereocenters. The molecule has 0 radical (unpaired) electrons. The second kappa shape index (κ2) is 8.74. The number of hydrogen-bond donors (Lipinski definition) is 1. The molecule has 0 saturated heterocycles. The fourth-order valence-corrected chi connectivity index (χ4v) is 3.45. The van der Waals surface area contributed by atoms with Crippen molar-refractivity contribution in [2.45, 2.75) is 13.5 Å². The molecule has 0 fully saturated rings. The zero-order chi connectivity index (χ0) is 21.0. The molecule has 2 aromatic heterocycles. The van der Waals surface area contributed by atoms with Gasteiger partial charge in [0.25, 0.3) is 11.8 Å². The molecule has 0 saturated carbocycles. The van der Waals surface area contributed by atoms with Crippen molar-refractivity contribution in [3.05, 3.63) is 75.4 Å². The Morgan fingerprint density at radius 1 is 1.17 bits per heavy atom. The number of nitrogens with one attached hydrogen (secondary N) is 1. The van der Waals surface area contributed by atoms with E-state index in [2.05, 4.69) is 5.32 Å². The van der Waals surface area contributed by atoms with Crippen molar-refractivity contribution in [2.24, 2.45) is 0 Å². The first-order chi connectivity index (χ1) is 13.9. The quantitative estimate of drug-likeness (QED) is 0.619. The van der Waals surface area contributed by atoms with Gasteiger partial charge in [0.15, 0.2) is 0 Å². The number of para-hydroxylation sites is 1. The maximum atomic E-state index is 13.0. The molecule has 7 nitrogen and oxygen atoms in total. The average Bonchev–Trinajstić information content (AvgIpc) is 3.37. The summed E-state index contributed by atoms with van der Waals surface area (Å²) in [4.78, 5) is 38.5. The summed E-state index contributed by atoms with van der Waals surface area (Å²) in [5, 5.41) is 6.34. The van der Waals surface area contributed by atoms with E-state index in [9.17, 15) is 14.4 Å². The maximum Gasteiger partial charge on any atom is 0.341 e. The number of carbonyl (C=O) groups is 3. The molecule has 1 aromatic carbocycles. The molecule has 0 aliphatic carbocycles. The van der Waals surface area contributed by atoms with Crippen LogP contribution < -0.4 is 5.32 Å². The molecule has 29 heavy (non-hydrogen) atoms. The lowest BCUT2D eigenvalue weighted by molar-refractivity contribution is 0.0598. The number of ether oxygens (including phenoxy) is 1. The van der Waals surface area contributed by atoms with Crippen molar-refractivity contribution in [1.29, 1.82) is 0 Å². The smallest absolute Gasteiger partial charge is 0.341 e. The highest BCUT2D eigenvalue weighted by molar-refractivity contribution is 7.08. The Labute approximate surface area is 171 Å². The zero-order valence-electron chi connectivity index (χ0n) is 16.2. The summed E-state index contributed by atoms with van der Waals surface area (Å²) >= 11 is 1.42. The van der Waals surface area contributed by atoms with E-state index in [0.29, 0.717) is 33.9 Å². The highest BCUT2D eigenvalue weighted by Crippen LogP contribution is 2.21. The van der Waals surface area contributed by atoms with Crippen LogP contribution >= 0.6 is 11.3 Å². The normalized spacial score (nSPS) is 10.4. The Balaban J connectivity index is 1.76. The van der Waals surface area contributed by atoms with Crippen molar-refractivity contribution in [1.82, 2.24) is 4.90 Å². The lowest BCUT2D eigenvalue weighted by Gasteiger charge is -2.18. The van der Waals surface area contributed by atoms with Crippen molar-refractivity contribution < 1.29 is 23.5 Å². The number of anilines is 1. The van der Waals surface area contributed by atoms with E-state index in [1.165, 1.54) is 23.3 Å². The van der Waals surface area contributed by atoms with E-state index in [0.717, 1.165) is 0 Å². The standard InChI is InChI=1S/C21H20N2O5S/c1-13-17(21(26)27-3)10-15(28-13)11-23(2)20(25)16-6-4-5-7-18(16)22-19(24)14-8-9-29-12-14/h4-10,12H,11H2,1-3H3,(H,22,24). The van der Waals surface area contributed by atoms with Gasteiger partial charge in [-0.2, -0.15) is 11.3 Å². The Bertz CT molecular complexity index is 1040. The van der Waals surface area contributed by atoms with Crippen LogP contribution in [0.1, 0.15) is 42.6 Å². The Morgan fingerprint density at radius 2 is 1.93 bits per heavy atom. The first-order valence-electron chi connectivity index (χ1n) is 8.76. The van der Waals surface area contributed by atoms with Crippen LogP contribution in [0.15, 0.2) is 51.6 Å². The molecule has 0 spiro atoms. The number of esters is 1. The van der Waals surface area contributed by atoms with Crippen LogP contribution in [-0.2, 0) is 11.3 Å². The van der Waals surface area contributed by atoms with Crippen LogP contribution in [0, 0.1) is 6.92 Å². The van der Waals surface area contributed by atoms with Gasteiger partial charge in [-0.3, -0.25) is 9.59 Å². The number of methoxy groups -OCH3 is 1. The summed E-state index contributed by atoms with van der Waals surface area (Å²) in [6.07, 6.45) is 0. The highest BCUT2D eigenvalue weighted by atomic mass is 32.1. The minimum Gasteiger partial charge on any atom is -0.465 e. The molecule has 0 unspecified atom stereocenters. The van der Waals surface area contributed by atoms with E-state index in [4.69, 9.17) is 9.15 Å². The predicted molar refractivity (Wildman–Crippen MR) is 109 cm³/mol. The van der Waals surface area contributed by atoms with Crippen LogP contribution in [0.3, 0.4) is 0 Å². The van der Waals surface area contributed by atoms with E-state index in [1.54, 1.807) is 55.7 Å². The summed E-state index contributed by atoms with van der Waals surface area (Å²) in [6.45, 7) is 1.82. The van der Waals surface area contributed by atoms with E-state index < -0.39 is 5.97 Å². The van der Waals surface area contributed by atoms with Gasteiger partial charge >= 0.3 is 5.97 Å². The second-order valence-electron chi connectivity index (χ2n) is 6.35. The third kappa shape index (κ3) is 4.55. The van der Waals surface area contributed by atoms with Crippen molar-refractivity contribution in [3.63, 3.8) is 0 Å². The fourth-order valence-electron chi connectivity index (χ4n) is 2.81. The molecule has 0 aliphatic heterocycles. The number of rotatable bonds is 6. The van der Waals surface area contributed by atoms with E-state index >= 15 is 0 Å². The minimum absolute atomic E-state index is 0.156. The van der Waals surface area contributed by atoms with E-state index in [-0.39, 0.29) is 18.4 Å². The molecule has 3 rings (SSSR count). The molecule has 0 aliphatic rings. The summed E-state index contributed by atoms with van der Waals surface area (Å²) in [5.74, 6) is -0.180. The number of hydrogen-bond acceptors (Lipinski definition) is 6. The first kappa shape index (κ1) is 20.3. The van der Waals surface area contributed by atoms with Gasteiger partial charge in [0.2, 0.25) is 0 Å².